The quantitative estimate of drug-likeness (QED) is 0.761. The number of aliphatic hydroxyl groups excluding tert-OH is 1. The van der Waals surface area contributed by atoms with Gasteiger partial charge in [0.15, 0.2) is 4.67 Å². The van der Waals surface area contributed by atoms with Gasteiger partial charge >= 0.3 is 0 Å². The molecule has 0 aliphatic heterocycles. The van der Waals surface area contributed by atoms with Crippen LogP contribution in [0.5, 0.6) is 0 Å². The van der Waals surface area contributed by atoms with Gasteiger partial charge in [-0.1, -0.05) is 0 Å². The van der Waals surface area contributed by atoms with Crippen LogP contribution in [-0.2, 0) is 26.5 Å². The Morgan fingerprint density at radius 1 is 1.37 bits per heavy atom. The van der Waals surface area contributed by atoms with Crippen molar-refractivity contribution in [1.82, 2.24) is 4.31 Å². The monoisotopic (exact) mass is 375 g/mol. The lowest BCUT2D eigenvalue weighted by atomic mass is 10.5. The zero-order valence-electron chi connectivity index (χ0n) is 10.3. The molecule has 0 bridgehead atoms. The molecule has 1 rings (SSSR count). The summed E-state index contributed by atoms with van der Waals surface area (Å²) in [6, 6.07) is 1.19. The van der Waals surface area contributed by atoms with Crippen molar-refractivity contribution in [3.8, 4) is 0 Å². The smallest absolute Gasteiger partial charge is 0.247 e. The largest absolute Gasteiger partial charge is 0.450 e. The van der Waals surface area contributed by atoms with Crippen LogP contribution >= 0.6 is 15.9 Å². The average molecular weight is 376 g/mol. The number of sulfone groups is 1. The van der Waals surface area contributed by atoms with Crippen LogP contribution in [0, 0.1) is 0 Å². The SMILES string of the molecule is CN(CCS(C)(=O)=O)S(=O)(=O)c1cc(CO)oc1Br. The van der Waals surface area contributed by atoms with E-state index in [1.54, 1.807) is 0 Å². The number of hydrogen-bond acceptors (Lipinski definition) is 6. The molecular formula is C9H14BrNO6S2. The van der Waals surface area contributed by atoms with Gasteiger partial charge in [-0.3, -0.25) is 0 Å². The topological polar surface area (TPSA) is 105 Å². The van der Waals surface area contributed by atoms with Crippen molar-refractivity contribution in [3.63, 3.8) is 0 Å². The van der Waals surface area contributed by atoms with E-state index in [4.69, 9.17) is 9.52 Å². The van der Waals surface area contributed by atoms with Crippen LogP contribution in [0.15, 0.2) is 20.0 Å². The molecule has 110 valence electrons. The number of nitrogens with zero attached hydrogens (tertiary/aromatic N) is 1. The Kier molecular flexibility index (Phi) is 5.18. The van der Waals surface area contributed by atoms with Crippen molar-refractivity contribution in [2.75, 3.05) is 25.6 Å². The van der Waals surface area contributed by atoms with E-state index in [0.29, 0.717) is 0 Å². The van der Waals surface area contributed by atoms with Crippen LogP contribution in [-0.4, -0.2) is 51.8 Å². The lowest BCUT2D eigenvalue weighted by Gasteiger charge is -2.15. The van der Waals surface area contributed by atoms with Gasteiger partial charge in [0.25, 0.3) is 0 Å². The van der Waals surface area contributed by atoms with Crippen molar-refractivity contribution in [2.45, 2.75) is 11.5 Å². The van der Waals surface area contributed by atoms with E-state index in [9.17, 15) is 16.8 Å². The maximum Gasteiger partial charge on any atom is 0.247 e. The molecule has 1 aromatic heterocycles. The van der Waals surface area contributed by atoms with Crippen LogP contribution in [0.3, 0.4) is 0 Å². The van der Waals surface area contributed by atoms with E-state index in [1.807, 2.05) is 0 Å². The Balaban J connectivity index is 2.99. The first-order chi connectivity index (χ1) is 8.58. The summed E-state index contributed by atoms with van der Waals surface area (Å²) in [6.07, 6.45) is 1.03. The number of halogens is 1. The molecule has 0 amide bonds. The fourth-order valence-electron chi connectivity index (χ4n) is 1.23. The molecule has 0 aliphatic carbocycles. The van der Waals surface area contributed by atoms with Gasteiger partial charge < -0.3 is 9.52 Å². The van der Waals surface area contributed by atoms with Gasteiger partial charge in [-0.05, 0) is 15.9 Å². The molecular weight excluding hydrogens is 362 g/mol. The van der Waals surface area contributed by atoms with Gasteiger partial charge in [0.05, 0.1) is 5.75 Å². The predicted molar refractivity (Wildman–Crippen MR) is 71.9 cm³/mol. The maximum absolute atomic E-state index is 12.2. The summed E-state index contributed by atoms with van der Waals surface area (Å²) < 4.78 is 52.3. The first-order valence-corrected chi connectivity index (χ1v) is 9.40. The molecule has 0 atom stereocenters. The number of aliphatic hydroxyl groups is 1. The summed E-state index contributed by atoms with van der Waals surface area (Å²) >= 11 is 2.95. The minimum absolute atomic E-state index is 0.0252. The van der Waals surface area contributed by atoms with E-state index >= 15 is 0 Å². The number of rotatable bonds is 6. The zero-order chi connectivity index (χ0) is 14.8. The minimum Gasteiger partial charge on any atom is -0.450 e. The Morgan fingerprint density at radius 3 is 2.37 bits per heavy atom. The maximum atomic E-state index is 12.2. The fourth-order valence-corrected chi connectivity index (χ4v) is 4.08. The Bertz CT molecular complexity index is 648. The zero-order valence-corrected chi connectivity index (χ0v) is 13.5. The lowest BCUT2D eigenvalue weighted by molar-refractivity contribution is 0.245. The van der Waals surface area contributed by atoms with Gasteiger partial charge in [-0.15, -0.1) is 0 Å². The molecule has 1 heterocycles. The first kappa shape index (κ1) is 16.6. The van der Waals surface area contributed by atoms with Crippen LogP contribution in [0.2, 0.25) is 0 Å². The van der Waals surface area contributed by atoms with Crippen LogP contribution < -0.4 is 0 Å². The molecule has 0 fully saturated rings. The third-order valence-electron chi connectivity index (χ3n) is 2.33. The second-order valence-corrected chi connectivity index (χ2v) is 8.96. The first-order valence-electron chi connectivity index (χ1n) is 5.11. The van der Waals surface area contributed by atoms with Crippen LogP contribution in [0.4, 0.5) is 0 Å². The summed E-state index contributed by atoms with van der Waals surface area (Å²) in [5.74, 6) is -0.174. The molecule has 1 aromatic rings. The van der Waals surface area contributed by atoms with Gasteiger partial charge in [0.2, 0.25) is 10.0 Å². The molecule has 7 nitrogen and oxygen atoms in total. The number of furan rings is 1. The summed E-state index contributed by atoms with van der Waals surface area (Å²) in [7, 11) is -5.84. The van der Waals surface area contributed by atoms with Crippen molar-refractivity contribution in [3.05, 3.63) is 16.5 Å². The van der Waals surface area contributed by atoms with Gasteiger partial charge in [0, 0.05) is 25.9 Å². The van der Waals surface area contributed by atoms with E-state index < -0.39 is 26.5 Å². The molecule has 1 N–H and O–H groups in total. The van der Waals surface area contributed by atoms with Crippen molar-refractivity contribution < 1.29 is 26.4 Å². The van der Waals surface area contributed by atoms with E-state index in [2.05, 4.69) is 15.9 Å². The van der Waals surface area contributed by atoms with E-state index in [1.165, 1.54) is 13.1 Å². The highest BCUT2D eigenvalue weighted by atomic mass is 79.9. The second-order valence-electron chi connectivity index (χ2n) is 3.97. The highest BCUT2D eigenvalue weighted by Crippen LogP contribution is 2.28. The summed E-state index contributed by atoms with van der Waals surface area (Å²) in [4.78, 5) is -0.146. The third kappa shape index (κ3) is 4.28. The van der Waals surface area contributed by atoms with Crippen LogP contribution in [0.25, 0.3) is 0 Å². The molecule has 0 saturated heterocycles. The average Bonchev–Trinajstić information content (AvgIpc) is 2.67. The molecule has 0 spiro atoms. The lowest BCUT2D eigenvalue weighted by Crippen LogP contribution is -2.31. The normalized spacial score (nSPS) is 13.1. The van der Waals surface area contributed by atoms with E-state index in [-0.39, 0.29) is 27.6 Å². The van der Waals surface area contributed by atoms with Gasteiger partial charge in [-0.2, -0.15) is 4.31 Å². The molecule has 0 unspecified atom stereocenters. The number of sulfonamides is 1. The fraction of sp³-hybridized carbons (Fsp3) is 0.556. The highest BCUT2D eigenvalue weighted by Gasteiger charge is 2.27. The Morgan fingerprint density at radius 2 is 1.95 bits per heavy atom. The van der Waals surface area contributed by atoms with Gasteiger partial charge in [0.1, 0.15) is 27.1 Å². The summed E-state index contributed by atoms with van der Waals surface area (Å²) in [5, 5.41) is 8.89. The predicted octanol–water partition coefficient (Wildman–Crippen LogP) is 0.200. The van der Waals surface area contributed by atoms with E-state index in [0.717, 1.165) is 10.6 Å². The van der Waals surface area contributed by atoms with Crippen molar-refractivity contribution >= 4 is 35.8 Å². The molecule has 0 aromatic carbocycles. The second kappa shape index (κ2) is 5.92. The standard InChI is InChI=1S/C9H14BrNO6S2/c1-11(3-4-18(2,13)14)19(15,16)8-5-7(6-12)17-9(8)10/h5,12H,3-4,6H2,1-2H3. The Labute approximate surface area is 120 Å². The Hall–Kier alpha value is -0.420. The highest BCUT2D eigenvalue weighted by molar-refractivity contribution is 9.10. The van der Waals surface area contributed by atoms with Gasteiger partial charge in [-0.25, -0.2) is 16.8 Å². The molecule has 10 heteroatoms. The number of hydrogen-bond donors (Lipinski definition) is 1. The van der Waals surface area contributed by atoms with Crippen molar-refractivity contribution in [1.29, 1.82) is 0 Å². The molecule has 0 radical (unpaired) electrons. The van der Waals surface area contributed by atoms with Crippen molar-refractivity contribution in [2.24, 2.45) is 0 Å². The summed E-state index contributed by atoms with van der Waals surface area (Å²) in [6.45, 7) is -0.589. The van der Waals surface area contributed by atoms with Crippen LogP contribution in [0.1, 0.15) is 5.76 Å². The minimum atomic E-state index is -3.86. The summed E-state index contributed by atoms with van der Waals surface area (Å²) in [5.41, 5.74) is 0. The molecule has 0 saturated carbocycles. The molecule has 0 aliphatic rings. The molecule has 19 heavy (non-hydrogen) atoms. The third-order valence-corrected chi connectivity index (χ3v) is 5.97.